The number of hydrogen-bond acceptors (Lipinski definition) is 4. The van der Waals surface area contributed by atoms with Crippen molar-refractivity contribution in [2.24, 2.45) is 17.3 Å². The summed E-state index contributed by atoms with van der Waals surface area (Å²) in [5.74, 6) is -0.599. The molecule has 0 bridgehead atoms. The van der Waals surface area contributed by atoms with Crippen molar-refractivity contribution in [3.63, 3.8) is 0 Å². The molecule has 1 aliphatic carbocycles. The largest absolute Gasteiger partial charge is 0.465 e. The predicted octanol–water partition coefficient (Wildman–Crippen LogP) is 4.97. The summed E-state index contributed by atoms with van der Waals surface area (Å²) in [4.78, 5) is 41.6. The molecule has 186 valence electrons. The Morgan fingerprint density at radius 3 is 2.71 bits per heavy atom. The van der Waals surface area contributed by atoms with E-state index < -0.39 is 11.3 Å². The van der Waals surface area contributed by atoms with Crippen molar-refractivity contribution in [2.75, 3.05) is 13.2 Å². The van der Waals surface area contributed by atoms with Crippen LogP contribution in [0.4, 0.5) is 0 Å². The molecule has 0 unspecified atom stereocenters. The number of carbonyl (C=O) groups is 3. The van der Waals surface area contributed by atoms with Crippen LogP contribution in [0.25, 0.3) is 10.8 Å². The number of hydrogen-bond donors (Lipinski definition) is 1. The number of fused-ring (bicyclic) bond motifs is 2. The maximum Gasteiger partial charge on any atom is 0.318 e. The van der Waals surface area contributed by atoms with Crippen LogP contribution in [0.5, 0.6) is 0 Å². The highest BCUT2D eigenvalue weighted by molar-refractivity contribution is 5.93. The van der Waals surface area contributed by atoms with E-state index in [0.29, 0.717) is 38.3 Å². The fraction of sp³-hybridized carbons (Fsp3) is 0.483. The number of piperidine rings is 1. The van der Waals surface area contributed by atoms with Crippen LogP contribution in [-0.2, 0) is 25.7 Å². The lowest BCUT2D eigenvalue weighted by Gasteiger charge is -2.44. The molecular weight excluding hydrogens is 440 g/mol. The molecule has 35 heavy (non-hydrogen) atoms. The zero-order valence-electron chi connectivity index (χ0n) is 21.0. The first-order chi connectivity index (χ1) is 16.9. The molecule has 1 aliphatic heterocycles. The number of amides is 2. The highest BCUT2D eigenvalue weighted by Gasteiger charge is 2.55. The number of ether oxygens (including phenoxy) is 1. The third-order valence-electron chi connectivity index (χ3n) is 7.25. The summed E-state index contributed by atoms with van der Waals surface area (Å²) in [5.41, 5.74) is 0.881. The molecule has 2 amide bonds. The number of allylic oxidation sites excluding steroid dienone is 1. The molecule has 1 heterocycles. The Morgan fingerprint density at radius 2 is 1.94 bits per heavy atom. The van der Waals surface area contributed by atoms with E-state index in [1.165, 1.54) is 0 Å². The second-order valence-corrected chi connectivity index (χ2v) is 10.1. The Bertz CT molecular complexity index is 1130. The van der Waals surface area contributed by atoms with Gasteiger partial charge in [0.2, 0.25) is 11.8 Å². The van der Waals surface area contributed by atoms with Gasteiger partial charge >= 0.3 is 5.97 Å². The molecule has 1 saturated heterocycles. The monoisotopic (exact) mass is 476 g/mol. The number of nitrogens with one attached hydrogen (secondary N) is 1. The van der Waals surface area contributed by atoms with Crippen molar-refractivity contribution in [1.29, 1.82) is 0 Å². The molecule has 2 aliphatic rings. The Hall–Kier alpha value is -3.15. The first kappa shape index (κ1) is 25.0. The van der Waals surface area contributed by atoms with Gasteiger partial charge in [-0.3, -0.25) is 14.4 Å². The van der Waals surface area contributed by atoms with Crippen LogP contribution in [0, 0.1) is 17.3 Å². The van der Waals surface area contributed by atoms with Crippen LogP contribution in [0.1, 0.15) is 58.4 Å². The fourth-order valence-electron chi connectivity index (χ4n) is 5.48. The summed E-state index contributed by atoms with van der Waals surface area (Å²) in [5, 5.41) is 5.14. The summed E-state index contributed by atoms with van der Waals surface area (Å²) in [6.45, 7) is 7.25. The SMILES string of the molecule is CCOC(=O)[C@]12CCC=C1N(Cc1cccc3ccccc13)C(=O)[C@H](CC(=O)NCCC(C)C)C2. The molecule has 6 heteroatoms. The molecule has 1 fully saturated rings. The molecular formula is C29H36N2O4. The molecule has 1 N–H and O–H groups in total. The van der Waals surface area contributed by atoms with Crippen LogP contribution in [0.2, 0.25) is 0 Å². The summed E-state index contributed by atoms with van der Waals surface area (Å²) < 4.78 is 5.52. The molecule has 2 aromatic rings. The van der Waals surface area contributed by atoms with E-state index in [9.17, 15) is 14.4 Å². The predicted molar refractivity (Wildman–Crippen MR) is 136 cm³/mol. The Labute approximate surface area is 207 Å². The van der Waals surface area contributed by atoms with E-state index in [0.717, 1.165) is 28.5 Å². The van der Waals surface area contributed by atoms with Gasteiger partial charge in [0, 0.05) is 24.6 Å². The Kier molecular flexibility index (Phi) is 7.58. The second-order valence-electron chi connectivity index (χ2n) is 10.1. The van der Waals surface area contributed by atoms with Gasteiger partial charge in [-0.05, 0) is 54.9 Å². The third kappa shape index (κ3) is 5.12. The summed E-state index contributed by atoms with van der Waals surface area (Å²) >= 11 is 0. The average molecular weight is 477 g/mol. The maximum absolute atomic E-state index is 13.8. The topological polar surface area (TPSA) is 75.7 Å². The summed E-state index contributed by atoms with van der Waals surface area (Å²) in [7, 11) is 0. The molecule has 2 atom stereocenters. The van der Waals surface area contributed by atoms with Crippen LogP contribution < -0.4 is 5.32 Å². The molecule has 0 saturated carbocycles. The lowest BCUT2D eigenvalue weighted by Crippen LogP contribution is -2.52. The summed E-state index contributed by atoms with van der Waals surface area (Å²) in [6, 6.07) is 14.2. The number of likely N-dealkylation sites (tertiary alicyclic amines) is 1. The molecule has 0 radical (unpaired) electrons. The minimum Gasteiger partial charge on any atom is -0.465 e. The van der Waals surface area contributed by atoms with Gasteiger partial charge in [-0.15, -0.1) is 0 Å². The maximum atomic E-state index is 13.8. The van der Waals surface area contributed by atoms with Crippen molar-refractivity contribution >= 4 is 28.6 Å². The van der Waals surface area contributed by atoms with Crippen molar-refractivity contribution in [1.82, 2.24) is 10.2 Å². The minimum atomic E-state index is -0.878. The van der Waals surface area contributed by atoms with Gasteiger partial charge < -0.3 is 15.0 Å². The number of benzene rings is 2. The van der Waals surface area contributed by atoms with Crippen molar-refractivity contribution in [2.45, 2.75) is 59.4 Å². The number of esters is 1. The van der Waals surface area contributed by atoms with Crippen molar-refractivity contribution in [3.05, 3.63) is 59.8 Å². The standard InChI is InChI=1S/C29H36N2O4/c1-4-35-28(34)29-15-8-13-25(29)31(19-22-11-7-10-21-9-5-6-12-24(21)22)27(33)23(18-29)17-26(32)30-16-14-20(2)3/h5-7,9-13,20,23H,4,8,14-19H2,1-3H3,(H,30,32)/t23-,29+/m1/s1. The third-order valence-corrected chi connectivity index (χ3v) is 7.25. The highest BCUT2D eigenvalue weighted by Crippen LogP contribution is 2.51. The number of rotatable bonds is 9. The molecule has 6 nitrogen and oxygen atoms in total. The molecule has 0 spiro atoms. The molecule has 2 aromatic carbocycles. The number of nitrogens with zero attached hydrogens (tertiary/aromatic N) is 1. The van der Waals surface area contributed by atoms with E-state index in [-0.39, 0.29) is 30.8 Å². The normalized spacial score (nSPS) is 21.7. The Balaban J connectivity index is 1.65. The lowest BCUT2D eigenvalue weighted by atomic mass is 9.71. The van der Waals surface area contributed by atoms with E-state index in [4.69, 9.17) is 4.74 Å². The zero-order chi connectivity index (χ0) is 25.0. The minimum absolute atomic E-state index is 0.0808. The van der Waals surface area contributed by atoms with Crippen LogP contribution in [0.15, 0.2) is 54.2 Å². The van der Waals surface area contributed by atoms with E-state index in [1.54, 1.807) is 11.8 Å². The van der Waals surface area contributed by atoms with Gasteiger partial charge in [0.05, 0.1) is 13.2 Å². The van der Waals surface area contributed by atoms with Gasteiger partial charge in [0.15, 0.2) is 0 Å². The van der Waals surface area contributed by atoms with Crippen LogP contribution >= 0.6 is 0 Å². The van der Waals surface area contributed by atoms with E-state index in [2.05, 4.69) is 37.4 Å². The van der Waals surface area contributed by atoms with Gasteiger partial charge in [-0.25, -0.2) is 0 Å². The summed E-state index contributed by atoms with van der Waals surface area (Å²) in [6.07, 6.45) is 4.61. The quantitative estimate of drug-likeness (QED) is 0.519. The second kappa shape index (κ2) is 10.6. The van der Waals surface area contributed by atoms with Gasteiger partial charge in [-0.1, -0.05) is 62.4 Å². The Morgan fingerprint density at radius 1 is 1.17 bits per heavy atom. The smallest absolute Gasteiger partial charge is 0.318 e. The van der Waals surface area contributed by atoms with Gasteiger partial charge in [-0.2, -0.15) is 0 Å². The first-order valence-electron chi connectivity index (χ1n) is 12.8. The lowest BCUT2D eigenvalue weighted by molar-refractivity contribution is -0.161. The fourth-order valence-corrected chi connectivity index (χ4v) is 5.48. The number of carbonyl (C=O) groups excluding carboxylic acids is 3. The zero-order valence-corrected chi connectivity index (χ0v) is 21.0. The molecule has 4 rings (SSSR count). The molecule has 0 aromatic heterocycles. The van der Waals surface area contributed by atoms with Crippen LogP contribution in [0.3, 0.4) is 0 Å². The van der Waals surface area contributed by atoms with Gasteiger partial charge in [0.25, 0.3) is 0 Å². The average Bonchev–Trinajstić information content (AvgIpc) is 3.26. The van der Waals surface area contributed by atoms with Crippen molar-refractivity contribution < 1.29 is 19.1 Å². The van der Waals surface area contributed by atoms with E-state index in [1.807, 2.05) is 30.3 Å². The van der Waals surface area contributed by atoms with Crippen molar-refractivity contribution in [3.8, 4) is 0 Å². The van der Waals surface area contributed by atoms with Crippen LogP contribution in [-0.4, -0.2) is 35.8 Å². The first-order valence-corrected chi connectivity index (χ1v) is 12.8. The highest BCUT2D eigenvalue weighted by atomic mass is 16.5. The van der Waals surface area contributed by atoms with E-state index >= 15 is 0 Å². The van der Waals surface area contributed by atoms with Gasteiger partial charge in [0.1, 0.15) is 5.41 Å².